The highest BCUT2D eigenvalue weighted by atomic mass is 32.2. The van der Waals surface area contributed by atoms with Crippen molar-refractivity contribution in [1.82, 2.24) is 5.32 Å². The molecule has 0 heterocycles. The molecule has 16 heavy (non-hydrogen) atoms. The van der Waals surface area contributed by atoms with E-state index in [1.165, 1.54) is 38.0 Å². The second-order valence-electron chi connectivity index (χ2n) is 5.16. The van der Waals surface area contributed by atoms with Gasteiger partial charge in [0.25, 0.3) is 0 Å². The predicted octanol–water partition coefficient (Wildman–Crippen LogP) is 4.32. The van der Waals surface area contributed by atoms with Crippen LogP contribution >= 0.6 is 11.8 Å². The zero-order valence-electron chi connectivity index (χ0n) is 11.9. The van der Waals surface area contributed by atoms with E-state index in [1.807, 2.05) is 0 Å². The fourth-order valence-electron chi connectivity index (χ4n) is 1.96. The Bertz CT molecular complexity index is 148. The maximum absolute atomic E-state index is 3.69. The molecule has 0 saturated carbocycles. The van der Waals surface area contributed by atoms with Gasteiger partial charge in [0.2, 0.25) is 0 Å². The van der Waals surface area contributed by atoms with Gasteiger partial charge < -0.3 is 5.32 Å². The predicted molar refractivity (Wildman–Crippen MR) is 78.4 cm³/mol. The quantitative estimate of drug-likeness (QED) is 0.615. The van der Waals surface area contributed by atoms with Crippen LogP contribution in [-0.4, -0.2) is 23.6 Å². The maximum atomic E-state index is 3.69. The van der Waals surface area contributed by atoms with Gasteiger partial charge in [-0.2, -0.15) is 11.8 Å². The van der Waals surface area contributed by atoms with Crippen LogP contribution in [-0.2, 0) is 0 Å². The van der Waals surface area contributed by atoms with Crippen LogP contribution in [0.2, 0.25) is 0 Å². The monoisotopic (exact) mass is 245 g/mol. The van der Waals surface area contributed by atoms with Crippen LogP contribution in [0.4, 0.5) is 0 Å². The van der Waals surface area contributed by atoms with Crippen LogP contribution in [0, 0.1) is 5.92 Å². The fourth-order valence-corrected chi connectivity index (χ4v) is 2.83. The summed E-state index contributed by atoms with van der Waals surface area (Å²) < 4.78 is 0. The van der Waals surface area contributed by atoms with E-state index in [0.29, 0.717) is 6.04 Å². The summed E-state index contributed by atoms with van der Waals surface area (Å²) in [6.07, 6.45) is 5.27. The van der Waals surface area contributed by atoms with Crippen molar-refractivity contribution >= 4 is 11.8 Å². The fraction of sp³-hybridized carbons (Fsp3) is 1.00. The average molecular weight is 245 g/mol. The first-order valence-electron chi connectivity index (χ1n) is 6.95. The minimum Gasteiger partial charge on any atom is -0.313 e. The van der Waals surface area contributed by atoms with Gasteiger partial charge in [-0.25, -0.2) is 0 Å². The molecule has 0 spiro atoms. The van der Waals surface area contributed by atoms with Gasteiger partial charge in [0, 0.05) is 11.8 Å². The van der Waals surface area contributed by atoms with Gasteiger partial charge in [0.1, 0.15) is 0 Å². The van der Waals surface area contributed by atoms with E-state index in [1.54, 1.807) is 0 Å². The molecule has 0 rings (SSSR count). The highest BCUT2D eigenvalue weighted by Crippen LogP contribution is 2.18. The zero-order valence-corrected chi connectivity index (χ0v) is 12.7. The first kappa shape index (κ1) is 16.3. The number of hydrogen-bond donors (Lipinski definition) is 1. The van der Waals surface area contributed by atoms with Crippen molar-refractivity contribution in [2.75, 3.05) is 12.3 Å². The lowest BCUT2D eigenvalue weighted by Gasteiger charge is -2.22. The highest BCUT2D eigenvalue weighted by Gasteiger charge is 2.12. The molecule has 2 unspecified atom stereocenters. The summed E-state index contributed by atoms with van der Waals surface area (Å²) in [4.78, 5) is 0. The maximum Gasteiger partial charge on any atom is 0.0160 e. The average Bonchev–Trinajstić information content (AvgIpc) is 2.22. The van der Waals surface area contributed by atoms with Gasteiger partial charge in [-0.05, 0) is 30.6 Å². The van der Waals surface area contributed by atoms with Crippen LogP contribution in [0.1, 0.15) is 60.3 Å². The Balaban J connectivity index is 3.88. The molecule has 98 valence electrons. The van der Waals surface area contributed by atoms with E-state index in [-0.39, 0.29) is 0 Å². The summed E-state index contributed by atoms with van der Waals surface area (Å²) in [5, 5.41) is 4.45. The van der Waals surface area contributed by atoms with E-state index in [2.05, 4.69) is 51.7 Å². The third-order valence-electron chi connectivity index (χ3n) is 2.78. The number of nitrogens with one attached hydrogen (secondary N) is 1. The van der Waals surface area contributed by atoms with E-state index in [9.17, 15) is 0 Å². The first-order chi connectivity index (χ1) is 7.60. The van der Waals surface area contributed by atoms with Crippen molar-refractivity contribution in [3.8, 4) is 0 Å². The van der Waals surface area contributed by atoms with Crippen molar-refractivity contribution in [2.45, 2.75) is 71.6 Å². The molecule has 2 atom stereocenters. The van der Waals surface area contributed by atoms with Gasteiger partial charge in [-0.1, -0.05) is 47.5 Å². The second-order valence-corrected chi connectivity index (χ2v) is 6.77. The Morgan fingerprint density at radius 1 is 1.06 bits per heavy atom. The van der Waals surface area contributed by atoms with E-state index in [4.69, 9.17) is 0 Å². The summed E-state index contributed by atoms with van der Waals surface area (Å²) >= 11 is 2.09. The summed E-state index contributed by atoms with van der Waals surface area (Å²) in [5.74, 6) is 2.14. The Morgan fingerprint density at radius 2 is 1.75 bits per heavy atom. The Hall–Kier alpha value is 0.310. The normalized spacial score (nSPS) is 15.4. The zero-order chi connectivity index (χ0) is 12.4. The third-order valence-corrected chi connectivity index (χ3v) is 4.04. The number of rotatable bonds is 10. The molecule has 0 aromatic heterocycles. The van der Waals surface area contributed by atoms with E-state index in [0.717, 1.165) is 11.2 Å². The van der Waals surface area contributed by atoms with Crippen molar-refractivity contribution in [1.29, 1.82) is 0 Å². The van der Waals surface area contributed by atoms with Gasteiger partial charge in [0.05, 0.1) is 0 Å². The third kappa shape index (κ3) is 9.53. The molecule has 1 N–H and O–H groups in total. The molecule has 0 radical (unpaired) electrons. The smallest absolute Gasteiger partial charge is 0.0160 e. The molecule has 2 heteroatoms. The molecule has 0 aliphatic heterocycles. The molecule has 0 aliphatic carbocycles. The lowest BCUT2D eigenvalue weighted by molar-refractivity contribution is 0.404. The van der Waals surface area contributed by atoms with Gasteiger partial charge in [-0.15, -0.1) is 0 Å². The standard InChI is InChI=1S/C14H31NS/c1-6-8-13(5)10-14(15-9-7-2)11-16-12(3)4/h12-15H,6-11H2,1-5H3. The molecule has 0 bridgehead atoms. The molecule has 0 fully saturated rings. The molecular formula is C14H31NS. The van der Waals surface area contributed by atoms with Crippen molar-refractivity contribution in [2.24, 2.45) is 5.92 Å². The van der Waals surface area contributed by atoms with Gasteiger partial charge >= 0.3 is 0 Å². The Morgan fingerprint density at radius 3 is 2.25 bits per heavy atom. The van der Waals surface area contributed by atoms with Gasteiger partial charge in [0.15, 0.2) is 0 Å². The Labute approximate surface area is 107 Å². The molecule has 0 saturated heterocycles. The van der Waals surface area contributed by atoms with Gasteiger partial charge in [-0.3, -0.25) is 0 Å². The lowest BCUT2D eigenvalue weighted by atomic mass is 9.98. The minimum absolute atomic E-state index is 0.717. The number of thioether (sulfide) groups is 1. The molecule has 0 aliphatic rings. The topological polar surface area (TPSA) is 12.0 Å². The minimum atomic E-state index is 0.717. The molecule has 0 aromatic carbocycles. The summed E-state index contributed by atoms with van der Waals surface area (Å²) in [6.45, 7) is 12.7. The molecule has 1 nitrogen and oxygen atoms in total. The van der Waals surface area contributed by atoms with Crippen LogP contribution in [0.5, 0.6) is 0 Å². The van der Waals surface area contributed by atoms with E-state index >= 15 is 0 Å². The first-order valence-corrected chi connectivity index (χ1v) is 7.99. The molecule has 0 amide bonds. The largest absolute Gasteiger partial charge is 0.313 e. The SMILES string of the molecule is CCCNC(CSC(C)C)CC(C)CCC. The summed E-state index contributed by atoms with van der Waals surface area (Å²) in [5.41, 5.74) is 0. The Kier molecular flexibility index (Phi) is 10.7. The lowest BCUT2D eigenvalue weighted by Crippen LogP contribution is -2.34. The van der Waals surface area contributed by atoms with Crippen molar-refractivity contribution < 1.29 is 0 Å². The second kappa shape index (κ2) is 10.5. The van der Waals surface area contributed by atoms with Crippen molar-refractivity contribution in [3.63, 3.8) is 0 Å². The van der Waals surface area contributed by atoms with Crippen LogP contribution in [0.15, 0.2) is 0 Å². The van der Waals surface area contributed by atoms with Crippen molar-refractivity contribution in [3.05, 3.63) is 0 Å². The molecule has 0 aromatic rings. The van der Waals surface area contributed by atoms with Crippen LogP contribution in [0.25, 0.3) is 0 Å². The number of hydrogen-bond acceptors (Lipinski definition) is 2. The highest BCUT2D eigenvalue weighted by molar-refractivity contribution is 7.99. The van der Waals surface area contributed by atoms with Crippen LogP contribution < -0.4 is 5.32 Å². The summed E-state index contributed by atoms with van der Waals surface area (Å²) in [7, 11) is 0. The summed E-state index contributed by atoms with van der Waals surface area (Å²) in [6, 6.07) is 0.717. The van der Waals surface area contributed by atoms with Crippen LogP contribution in [0.3, 0.4) is 0 Å². The van der Waals surface area contributed by atoms with E-state index < -0.39 is 0 Å². The molecular weight excluding hydrogens is 214 g/mol.